The molecule has 166 valence electrons. The fraction of sp³-hybridized carbons (Fsp3) is 0.308. The average Bonchev–Trinajstić information content (AvgIpc) is 2.79. The molecular weight excluding hydrogens is 406 g/mol. The minimum atomic E-state index is -0.323. The van der Waals surface area contributed by atoms with E-state index in [2.05, 4.69) is 6.58 Å². The average molecular weight is 435 g/mol. The first kappa shape index (κ1) is 21.9. The summed E-state index contributed by atoms with van der Waals surface area (Å²) < 4.78 is 27.6. The van der Waals surface area contributed by atoms with E-state index >= 15 is 0 Å². The smallest absolute Gasteiger partial charge is 0.154 e. The van der Waals surface area contributed by atoms with Crippen LogP contribution in [0.1, 0.15) is 43.2 Å². The van der Waals surface area contributed by atoms with Crippen LogP contribution in [0, 0.1) is 28.4 Å². The second-order valence-electron chi connectivity index (χ2n) is 8.53. The lowest BCUT2D eigenvalue weighted by atomic mass is 9.87. The molecule has 6 heteroatoms. The zero-order valence-corrected chi connectivity index (χ0v) is 18.1. The van der Waals surface area contributed by atoms with Crippen LogP contribution in [-0.4, -0.2) is 21.5 Å². The van der Waals surface area contributed by atoms with E-state index in [0.717, 1.165) is 42.5 Å². The van der Waals surface area contributed by atoms with E-state index in [-0.39, 0.29) is 23.4 Å². The first-order valence-electron chi connectivity index (χ1n) is 11.0. The molecule has 0 amide bonds. The lowest BCUT2D eigenvalue weighted by Crippen LogP contribution is -2.45. The Kier molecular flexibility index (Phi) is 6.49. The molecule has 1 saturated carbocycles. The molecule has 1 aliphatic heterocycles. The van der Waals surface area contributed by atoms with Gasteiger partial charge in [-0.1, -0.05) is 50.1 Å². The molecular formula is C26H28F2N4. The van der Waals surface area contributed by atoms with Gasteiger partial charge in [0.1, 0.15) is 17.5 Å². The van der Waals surface area contributed by atoms with Gasteiger partial charge in [0.25, 0.3) is 0 Å². The molecule has 0 saturated heterocycles. The molecule has 2 aliphatic rings. The Morgan fingerprint density at radius 2 is 1.59 bits per heavy atom. The zero-order chi connectivity index (χ0) is 22.7. The van der Waals surface area contributed by atoms with Crippen LogP contribution in [0.15, 0.2) is 72.7 Å². The van der Waals surface area contributed by atoms with Gasteiger partial charge in [0.2, 0.25) is 0 Å². The highest BCUT2D eigenvalue weighted by atomic mass is 19.1. The van der Waals surface area contributed by atoms with Crippen molar-refractivity contribution in [3.63, 3.8) is 0 Å². The van der Waals surface area contributed by atoms with E-state index in [1.807, 2.05) is 17.0 Å². The molecule has 2 N–H and O–H groups in total. The summed E-state index contributed by atoms with van der Waals surface area (Å²) in [6.45, 7) is 4.47. The van der Waals surface area contributed by atoms with Crippen molar-refractivity contribution in [3.8, 4) is 0 Å². The van der Waals surface area contributed by atoms with Crippen LogP contribution in [0.3, 0.4) is 0 Å². The second kappa shape index (κ2) is 9.47. The third kappa shape index (κ3) is 4.79. The van der Waals surface area contributed by atoms with Crippen LogP contribution in [0.5, 0.6) is 0 Å². The van der Waals surface area contributed by atoms with E-state index in [4.69, 9.17) is 10.8 Å². The predicted octanol–water partition coefficient (Wildman–Crippen LogP) is 6.22. The number of hydrogen-bond acceptors (Lipinski definition) is 3. The fourth-order valence-electron chi connectivity index (χ4n) is 4.50. The summed E-state index contributed by atoms with van der Waals surface area (Å²) in [5, 5.41) is 17.5. The van der Waals surface area contributed by atoms with Gasteiger partial charge >= 0.3 is 0 Å². The molecule has 4 nitrogen and oxygen atoms in total. The van der Waals surface area contributed by atoms with Crippen molar-refractivity contribution in [1.82, 2.24) is 9.80 Å². The van der Waals surface area contributed by atoms with Crippen LogP contribution < -0.4 is 0 Å². The number of halogens is 2. The summed E-state index contributed by atoms with van der Waals surface area (Å²) in [4.78, 5) is 3.49. The van der Waals surface area contributed by atoms with Gasteiger partial charge in [0.15, 0.2) is 5.84 Å². The minimum absolute atomic E-state index is 0.123. The molecule has 1 aliphatic carbocycles. The molecule has 0 spiro atoms. The monoisotopic (exact) mass is 434 g/mol. The number of benzene rings is 2. The molecule has 0 radical (unpaired) electrons. The third-order valence-corrected chi connectivity index (χ3v) is 6.22. The number of amidine groups is 2. The van der Waals surface area contributed by atoms with Crippen molar-refractivity contribution < 1.29 is 8.78 Å². The molecule has 4 rings (SSSR count). The molecule has 1 fully saturated rings. The van der Waals surface area contributed by atoms with Crippen molar-refractivity contribution in [3.05, 3.63) is 95.5 Å². The molecule has 2 aromatic rings. The van der Waals surface area contributed by atoms with Gasteiger partial charge in [-0.2, -0.15) is 0 Å². The number of nitrogens with zero attached hydrogens (tertiary/aromatic N) is 2. The summed E-state index contributed by atoms with van der Waals surface area (Å²) >= 11 is 0. The topological polar surface area (TPSA) is 54.2 Å². The maximum absolute atomic E-state index is 13.8. The van der Waals surface area contributed by atoms with Crippen molar-refractivity contribution in [2.75, 3.05) is 0 Å². The van der Waals surface area contributed by atoms with Crippen molar-refractivity contribution >= 4 is 11.7 Å². The Morgan fingerprint density at radius 1 is 0.969 bits per heavy atom. The summed E-state index contributed by atoms with van der Waals surface area (Å²) in [7, 11) is 0. The highest BCUT2D eigenvalue weighted by Gasteiger charge is 2.32. The third-order valence-electron chi connectivity index (χ3n) is 6.22. The first-order valence-corrected chi connectivity index (χ1v) is 11.0. The van der Waals surface area contributed by atoms with Crippen LogP contribution in [0.2, 0.25) is 0 Å². The highest BCUT2D eigenvalue weighted by Crippen LogP contribution is 2.31. The van der Waals surface area contributed by atoms with Gasteiger partial charge in [0.05, 0.1) is 5.70 Å². The van der Waals surface area contributed by atoms with Crippen LogP contribution in [0.4, 0.5) is 8.78 Å². The summed E-state index contributed by atoms with van der Waals surface area (Å²) in [5.41, 5.74) is 2.77. The van der Waals surface area contributed by atoms with Crippen LogP contribution in [-0.2, 0) is 13.0 Å². The molecule has 0 atom stereocenters. The van der Waals surface area contributed by atoms with Gasteiger partial charge in [-0.05, 0) is 48.2 Å². The molecule has 0 bridgehead atoms. The van der Waals surface area contributed by atoms with E-state index in [9.17, 15) is 8.78 Å². The molecule has 0 aromatic heterocycles. The first-order chi connectivity index (χ1) is 15.4. The number of rotatable bonds is 5. The highest BCUT2D eigenvalue weighted by molar-refractivity contribution is 6.08. The van der Waals surface area contributed by atoms with Crippen LogP contribution >= 0.6 is 0 Å². The molecule has 32 heavy (non-hydrogen) atoms. The lowest BCUT2D eigenvalue weighted by Gasteiger charge is -2.40. The quantitative estimate of drug-likeness (QED) is 0.434. The number of nitrogens with one attached hydrogen (secondary N) is 2. The van der Waals surface area contributed by atoms with Crippen molar-refractivity contribution in [2.45, 2.75) is 45.1 Å². The van der Waals surface area contributed by atoms with Gasteiger partial charge in [-0.15, -0.1) is 0 Å². The van der Waals surface area contributed by atoms with Gasteiger partial charge in [-0.25, -0.2) is 8.78 Å². The maximum atomic E-state index is 13.8. The van der Waals surface area contributed by atoms with E-state index in [0.29, 0.717) is 24.5 Å². The standard InChI is InChI=1S/C26H28F2N4/c1-18-25(29)32(26(30)21-9-3-2-4-10-21)17-24(15-19-7-5-11-22(27)13-19)31(18)16-20-8-6-12-23(28)14-20/h5-8,11-14,17,21,29-30H,1-4,9-10,15-16H2. The number of allylic oxidation sites excluding steroid dienone is 1. The Hall–Kier alpha value is -3.28. The van der Waals surface area contributed by atoms with Crippen molar-refractivity contribution in [1.29, 1.82) is 10.8 Å². The minimum Gasteiger partial charge on any atom is -0.336 e. The fourth-order valence-corrected chi connectivity index (χ4v) is 4.50. The summed E-state index contributed by atoms with van der Waals surface area (Å²) in [6.07, 6.45) is 7.51. The maximum Gasteiger partial charge on any atom is 0.154 e. The summed E-state index contributed by atoms with van der Waals surface area (Å²) in [6, 6.07) is 12.8. The van der Waals surface area contributed by atoms with E-state index < -0.39 is 0 Å². The Balaban J connectivity index is 1.68. The van der Waals surface area contributed by atoms with E-state index in [1.54, 1.807) is 23.2 Å². The normalized spacial score (nSPS) is 17.5. The van der Waals surface area contributed by atoms with Gasteiger partial charge < -0.3 is 4.90 Å². The van der Waals surface area contributed by atoms with Crippen molar-refractivity contribution in [2.24, 2.45) is 5.92 Å². The van der Waals surface area contributed by atoms with Gasteiger partial charge in [-0.3, -0.25) is 15.7 Å². The summed E-state index contributed by atoms with van der Waals surface area (Å²) in [5.74, 6) is 0.0573. The Labute approximate surface area is 187 Å². The largest absolute Gasteiger partial charge is 0.336 e. The second-order valence-corrected chi connectivity index (χ2v) is 8.53. The zero-order valence-electron chi connectivity index (χ0n) is 18.1. The predicted molar refractivity (Wildman–Crippen MR) is 123 cm³/mol. The number of hydrogen-bond donors (Lipinski definition) is 2. The Bertz CT molecular complexity index is 1070. The lowest BCUT2D eigenvalue weighted by molar-refractivity contribution is 0.387. The van der Waals surface area contributed by atoms with Crippen LogP contribution in [0.25, 0.3) is 0 Å². The molecule has 2 aromatic carbocycles. The molecule has 0 unspecified atom stereocenters. The molecule has 1 heterocycles. The SMILES string of the molecule is C=C1C(=N)N(C(=N)C2CCCCC2)C=C(Cc2cccc(F)c2)N1Cc1cccc(F)c1. The van der Waals surface area contributed by atoms with Gasteiger partial charge in [0, 0.05) is 30.8 Å². The Morgan fingerprint density at radius 3 is 2.25 bits per heavy atom. The van der Waals surface area contributed by atoms with E-state index in [1.165, 1.54) is 30.7 Å².